The summed E-state index contributed by atoms with van der Waals surface area (Å²) < 4.78 is 38.7. The Morgan fingerprint density at radius 1 is 1.04 bits per heavy atom. The quantitative estimate of drug-likeness (QED) is 0.844. The lowest BCUT2D eigenvalue weighted by Gasteiger charge is -2.36. The first-order chi connectivity index (χ1) is 13.3. The molecule has 1 heterocycles. The number of piperazine rings is 1. The molecule has 28 heavy (non-hydrogen) atoms. The molecule has 1 amide bonds. The number of amides is 1. The number of hydrogen-bond acceptors (Lipinski definition) is 3. The van der Waals surface area contributed by atoms with Gasteiger partial charge in [0.2, 0.25) is 5.91 Å². The van der Waals surface area contributed by atoms with Crippen LogP contribution in [-0.4, -0.2) is 43.5 Å². The molecule has 1 fully saturated rings. The van der Waals surface area contributed by atoms with Gasteiger partial charge in [0.25, 0.3) is 0 Å². The molecule has 2 aromatic rings. The summed E-state index contributed by atoms with van der Waals surface area (Å²) in [5.74, 6) is -0.0520. The van der Waals surface area contributed by atoms with Crippen LogP contribution in [0.25, 0.3) is 0 Å². The number of anilines is 1. The predicted molar refractivity (Wildman–Crippen MR) is 103 cm³/mol. The van der Waals surface area contributed by atoms with Gasteiger partial charge >= 0.3 is 6.18 Å². The number of hydrogen-bond donors (Lipinski definition) is 1. The van der Waals surface area contributed by atoms with Crippen molar-refractivity contribution in [2.24, 2.45) is 0 Å². The number of carbonyl (C=O) groups is 1. The molecule has 7 heteroatoms. The molecular weight excluding hydrogens is 367 g/mol. The summed E-state index contributed by atoms with van der Waals surface area (Å²) in [6.07, 6.45) is -4.34. The third-order valence-electron chi connectivity index (χ3n) is 4.96. The Morgan fingerprint density at radius 2 is 1.71 bits per heavy atom. The highest BCUT2D eigenvalue weighted by Crippen LogP contribution is 2.31. The van der Waals surface area contributed by atoms with Gasteiger partial charge in [-0.25, -0.2) is 0 Å². The SMILES string of the molecule is C[C@@H](NC(=O)CN1CCN(c2cccc(C(F)(F)F)c2)CC1)c1ccccc1. The van der Waals surface area contributed by atoms with Gasteiger partial charge in [0, 0.05) is 31.9 Å². The second-order valence-electron chi connectivity index (χ2n) is 7.01. The van der Waals surface area contributed by atoms with Crippen molar-refractivity contribution in [1.82, 2.24) is 10.2 Å². The molecular formula is C21H24F3N3O. The number of nitrogens with one attached hydrogen (secondary N) is 1. The van der Waals surface area contributed by atoms with E-state index in [2.05, 4.69) is 5.32 Å². The van der Waals surface area contributed by atoms with E-state index in [0.29, 0.717) is 31.9 Å². The summed E-state index contributed by atoms with van der Waals surface area (Å²) in [7, 11) is 0. The van der Waals surface area contributed by atoms with Gasteiger partial charge in [0.05, 0.1) is 18.2 Å². The summed E-state index contributed by atoms with van der Waals surface area (Å²) in [6, 6.07) is 15.1. The maximum absolute atomic E-state index is 12.9. The van der Waals surface area contributed by atoms with Crippen molar-refractivity contribution < 1.29 is 18.0 Å². The molecule has 1 N–H and O–H groups in total. The van der Waals surface area contributed by atoms with Crippen molar-refractivity contribution in [2.45, 2.75) is 19.1 Å². The molecule has 150 valence electrons. The average molecular weight is 391 g/mol. The molecule has 2 aromatic carbocycles. The topological polar surface area (TPSA) is 35.6 Å². The molecule has 0 aromatic heterocycles. The van der Waals surface area contributed by atoms with Gasteiger partial charge in [-0.05, 0) is 30.7 Å². The van der Waals surface area contributed by atoms with E-state index in [0.717, 1.165) is 11.6 Å². The molecule has 0 unspecified atom stereocenters. The molecule has 1 saturated heterocycles. The van der Waals surface area contributed by atoms with E-state index in [1.165, 1.54) is 12.1 Å². The van der Waals surface area contributed by atoms with Crippen molar-refractivity contribution >= 4 is 11.6 Å². The summed E-state index contributed by atoms with van der Waals surface area (Å²) in [5.41, 5.74) is 0.976. The minimum atomic E-state index is -4.34. The first-order valence-corrected chi connectivity index (χ1v) is 9.32. The summed E-state index contributed by atoms with van der Waals surface area (Å²) in [4.78, 5) is 16.3. The van der Waals surface area contributed by atoms with Crippen molar-refractivity contribution in [2.75, 3.05) is 37.6 Å². The Morgan fingerprint density at radius 3 is 2.36 bits per heavy atom. The summed E-state index contributed by atoms with van der Waals surface area (Å²) in [6.45, 7) is 4.66. The summed E-state index contributed by atoms with van der Waals surface area (Å²) in [5, 5.41) is 2.99. The van der Waals surface area contributed by atoms with Crippen LogP contribution in [0.3, 0.4) is 0 Å². The second kappa shape index (κ2) is 8.65. The Balaban J connectivity index is 1.50. The highest BCUT2D eigenvalue weighted by Gasteiger charge is 2.31. The van der Waals surface area contributed by atoms with Crippen LogP contribution >= 0.6 is 0 Å². The lowest BCUT2D eigenvalue weighted by Crippen LogP contribution is -2.49. The van der Waals surface area contributed by atoms with Gasteiger partial charge in [-0.15, -0.1) is 0 Å². The monoisotopic (exact) mass is 391 g/mol. The van der Waals surface area contributed by atoms with Crippen molar-refractivity contribution in [3.05, 3.63) is 65.7 Å². The van der Waals surface area contributed by atoms with Crippen LogP contribution in [0, 0.1) is 0 Å². The third kappa shape index (κ3) is 5.25. The number of rotatable bonds is 5. The minimum Gasteiger partial charge on any atom is -0.369 e. The first kappa shape index (κ1) is 20.2. The maximum Gasteiger partial charge on any atom is 0.416 e. The van der Waals surface area contributed by atoms with Crippen LogP contribution < -0.4 is 10.2 Å². The zero-order valence-corrected chi connectivity index (χ0v) is 15.7. The van der Waals surface area contributed by atoms with E-state index >= 15 is 0 Å². The van der Waals surface area contributed by atoms with Crippen molar-refractivity contribution in [3.8, 4) is 0 Å². The largest absolute Gasteiger partial charge is 0.416 e. The van der Waals surface area contributed by atoms with Crippen LogP contribution in [-0.2, 0) is 11.0 Å². The van der Waals surface area contributed by atoms with Gasteiger partial charge in [-0.3, -0.25) is 9.69 Å². The molecule has 0 spiro atoms. The molecule has 1 aliphatic heterocycles. The fourth-order valence-electron chi connectivity index (χ4n) is 3.36. The van der Waals surface area contributed by atoms with E-state index in [1.54, 1.807) is 6.07 Å². The van der Waals surface area contributed by atoms with Crippen LogP contribution in [0.2, 0.25) is 0 Å². The van der Waals surface area contributed by atoms with Crippen molar-refractivity contribution in [3.63, 3.8) is 0 Å². The minimum absolute atomic E-state index is 0.0520. The van der Waals surface area contributed by atoms with E-state index in [-0.39, 0.29) is 18.5 Å². The highest BCUT2D eigenvalue weighted by molar-refractivity contribution is 5.78. The van der Waals surface area contributed by atoms with Gasteiger partial charge in [-0.2, -0.15) is 13.2 Å². The Kier molecular flexibility index (Phi) is 6.24. The average Bonchev–Trinajstić information content (AvgIpc) is 2.68. The maximum atomic E-state index is 12.9. The van der Waals surface area contributed by atoms with Gasteiger partial charge in [0.15, 0.2) is 0 Å². The predicted octanol–water partition coefficient (Wildman–Crippen LogP) is 3.70. The number of carbonyl (C=O) groups excluding carboxylic acids is 1. The fourth-order valence-corrected chi connectivity index (χ4v) is 3.36. The van der Waals surface area contributed by atoms with Crippen LogP contribution in [0.15, 0.2) is 54.6 Å². The fraction of sp³-hybridized carbons (Fsp3) is 0.381. The second-order valence-corrected chi connectivity index (χ2v) is 7.01. The lowest BCUT2D eigenvalue weighted by molar-refractivity contribution is -0.137. The summed E-state index contributed by atoms with van der Waals surface area (Å²) >= 11 is 0. The van der Waals surface area contributed by atoms with Crippen molar-refractivity contribution in [1.29, 1.82) is 0 Å². The molecule has 0 saturated carbocycles. The van der Waals surface area contributed by atoms with E-state index in [9.17, 15) is 18.0 Å². The number of halogens is 3. The normalized spacial score (nSPS) is 16.6. The van der Waals surface area contributed by atoms with Crippen LogP contribution in [0.1, 0.15) is 24.1 Å². The van der Waals surface area contributed by atoms with Gasteiger partial charge in [-0.1, -0.05) is 36.4 Å². The zero-order chi connectivity index (χ0) is 20.1. The molecule has 0 bridgehead atoms. The van der Waals surface area contributed by atoms with Crippen LogP contribution in [0.5, 0.6) is 0 Å². The number of alkyl halides is 3. The van der Waals surface area contributed by atoms with E-state index in [4.69, 9.17) is 0 Å². The highest BCUT2D eigenvalue weighted by atomic mass is 19.4. The Hall–Kier alpha value is -2.54. The molecule has 0 radical (unpaired) electrons. The number of nitrogens with zero attached hydrogens (tertiary/aromatic N) is 2. The lowest BCUT2D eigenvalue weighted by atomic mass is 10.1. The zero-order valence-electron chi connectivity index (χ0n) is 15.7. The van der Waals surface area contributed by atoms with Crippen LogP contribution in [0.4, 0.5) is 18.9 Å². The smallest absolute Gasteiger partial charge is 0.369 e. The first-order valence-electron chi connectivity index (χ1n) is 9.32. The van der Waals surface area contributed by atoms with Gasteiger partial charge < -0.3 is 10.2 Å². The van der Waals surface area contributed by atoms with E-state index < -0.39 is 11.7 Å². The molecule has 3 rings (SSSR count). The third-order valence-corrected chi connectivity index (χ3v) is 4.96. The molecule has 1 atom stereocenters. The molecule has 4 nitrogen and oxygen atoms in total. The van der Waals surface area contributed by atoms with Gasteiger partial charge in [0.1, 0.15) is 0 Å². The standard InChI is InChI=1S/C21H24F3N3O/c1-16(17-6-3-2-4-7-17)25-20(28)15-26-10-12-27(13-11-26)19-9-5-8-18(14-19)21(22,23)24/h2-9,14,16H,10-13,15H2,1H3,(H,25,28)/t16-/m1/s1. The Labute approximate surface area is 162 Å². The molecule has 1 aliphatic rings. The molecule has 0 aliphatic carbocycles. The van der Waals surface area contributed by atoms with E-state index in [1.807, 2.05) is 47.1 Å². The number of benzene rings is 2. The Bertz CT molecular complexity index is 787.